The number of rotatable bonds is 6. The maximum Gasteiger partial charge on any atom is 0.300 e. The molecule has 3 aromatic carbocycles. The van der Waals surface area contributed by atoms with Gasteiger partial charge in [-0.1, -0.05) is 61.0 Å². The standard InChI is InChI=1S/C27H24ClNO5/c1-4-16-10-12-17(13-11-16)24-23(26(31)27(32)29(24)18-8-6-5-7-9-18)25(30)19-14-20(28)22(34-3)15-21(19)33-2/h5-15,24,30H,4H2,1-3H3/b25-23+. The molecule has 4 rings (SSSR count). The van der Waals surface area contributed by atoms with Crippen LogP contribution in [0.1, 0.15) is 29.7 Å². The highest BCUT2D eigenvalue weighted by Crippen LogP contribution is 2.44. The Hall–Kier alpha value is -3.77. The van der Waals surface area contributed by atoms with Crippen molar-refractivity contribution in [3.8, 4) is 11.5 Å². The molecule has 34 heavy (non-hydrogen) atoms. The molecule has 0 aliphatic carbocycles. The van der Waals surface area contributed by atoms with Crippen molar-refractivity contribution in [2.75, 3.05) is 19.1 Å². The van der Waals surface area contributed by atoms with Gasteiger partial charge in [-0.3, -0.25) is 14.5 Å². The number of halogens is 1. The molecule has 1 aliphatic heterocycles. The first kappa shape index (κ1) is 23.4. The van der Waals surface area contributed by atoms with Crippen molar-refractivity contribution in [3.05, 3.63) is 94.0 Å². The number of ketones is 1. The van der Waals surface area contributed by atoms with Gasteiger partial charge < -0.3 is 14.6 Å². The Labute approximate surface area is 203 Å². The zero-order valence-electron chi connectivity index (χ0n) is 19.0. The first-order valence-corrected chi connectivity index (χ1v) is 11.2. The smallest absolute Gasteiger partial charge is 0.300 e. The summed E-state index contributed by atoms with van der Waals surface area (Å²) < 4.78 is 10.7. The van der Waals surface area contributed by atoms with E-state index in [1.807, 2.05) is 37.3 Å². The maximum absolute atomic E-state index is 13.3. The second-order valence-corrected chi connectivity index (χ2v) is 8.19. The van der Waals surface area contributed by atoms with E-state index in [4.69, 9.17) is 21.1 Å². The van der Waals surface area contributed by atoms with Crippen LogP contribution < -0.4 is 14.4 Å². The number of anilines is 1. The van der Waals surface area contributed by atoms with Gasteiger partial charge in [0.25, 0.3) is 11.7 Å². The Kier molecular flexibility index (Phi) is 6.61. The summed E-state index contributed by atoms with van der Waals surface area (Å²) in [5.41, 5.74) is 2.50. The lowest BCUT2D eigenvalue weighted by molar-refractivity contribution is -0.132. The van der Waals surface area contributed by atoms with Crippen LogP contribution in [-0.2, 0) is 16.0 Å². The highest BCUT2D eigenvalue weighted by Gasteiger charge is 2.47. The Balaban J connectivity index is 1.97. The van der Waals surface area contributed by atoms with Crippen LogP contribution in [0, 0.1) is 0 Å². The van der Waals surface area contributed by atoms with Gasteiger partial charge in [0.05, 0.1) is 36.4 Å². The summed E-state index contributed by atoms with van der Waals surface area (Å²) in [6, 6.07) is 18.7. The summed E-state index contributed by atoms with van der Waals surface area (Å²) >= 11 is 6.31. The number of aliphatic hydroxyl groups excluding tert-OH is 1. The lowest BCUT2D eigenvalue weighted by Crippen LogP contribution is -2.29. The van der Waals surface area contributed by atoms with Gasteiger partial charge in [-0.05, 0) is 35.7 Å². The molecule has 3 aromatic rings. The largest absolute Gasteiger partial charge is 0.507 e. The van der Waals surface area contributed by atoms with Crippen LogP contribution in [0.4, 0.5) is 5.69 Å². The first-order valence-electron chi connectivity index (χ1n) is 10.8. The summed E-state index contributed by atoms with van der Waals surface area (Å²) in [4.78, 5) is 28.0. The number of methoxy groups -OCH3 is 2. The lowest BCUT2D eigenvalue weighted by Gasteiger charge is -2.25. The second-order valence-electron chi connectivity index (χ2n) is 7.79. The molecule has 1 fully saturated rings. The number of carbonyl (C=O) groups is 2. The molecule has 0 bridgehead atoms. The van der Waals surface area contributed by atoms with Crippen LogP contribution in [0.2, 0.25) is 5.02 Å². The molecular formula is C27H24ClNO5. The number of hydrogen-bond donors (Lipinski definition) is 1. The Morgan fingerprint density at radius 2 is 1.62 bits per heavy atom. The third-order valence-corrected chi connectivity index (χ3v) is 6.21. The summed E-state index contributed by atoms with van der Waals surface area (Å²) in [6.45, 7) is 2.05. The fourth-order valence-corrected chi connectivity index (χ4v) is 4.37. The molecule has 1 amide bonds. The number of carbonyl (C=O) groups excluding carboxylic acids is 2. The number of nitrogens with zero attached hydrogens (tertiary/aromatic N) is 1. The highest BCUT2D eigenvalue weighted by atomic mass is 35.5. The first-order chi connectivity index (χ1) is 16.4. The number of Topliss-reactive ketones (excluding diaryl/α,β-unsaturated/α-hetero) is 1. The fourth-order valence-electron chi connectivity index (χ4n) is 4.13. The third kappa shape index (κ3) is 4.01. The number of hydrogen-bond acceptors (Lipinski definition) is 5. The molecule has 1 N–H and O–H groups in total. The molecule has 1 saturated heterocycles. The molecule has 1 aliphatic rings. The van der Waals surface area contributed by atoms with E-state index in [-0.39, 0.29) is 27.7 Å². The van der Waals surface area contributed by atoms with Gasteiger partial charge in [0.1, 0.15) is 17.3 Å². The Bertz CT molecular complexity index is 1270. The van der Waals surface area contributed by atoms with Crippen molar-refractivity contribution in [1.29, 1.82) is 0 Å². The predicted octanol–water partition coefficient (Wildman–Crippen LogP) is 5.55. The van der Waals surface area contributed by atoms with Gasteiger partial charge >= 0.3 is 0 Å². The quantitative estimate of drug-likeness (QED) is 0.286. The van der Waals surface area contributed by atoms with Crippen LogP contribution in [0.3, 0.4) is 0 Å². The highest BCUT2D eigenvalue weighted by molar-refractivity contribution is 6.51. The summed E-state index contributed by atoms with van der Waals surface area (Å²) in [5.74, 6) is -1.28. The van der Waals surface area contributed by atoms with Crippen molar-refractivity contribution >= 4 is 34.7 Å². The van der Waals surface area contributed by atoms with E-state index in [9.17, 15) is 14.7 Å². The van der Waals surface area contributed by atoms with Crippen molar-refractivity contribution in [2.24, 2.45) is 0 Å². The third-order valence-electron chi connectivity index (χ3n) is 5.91. The minimum Gasteiger partial charge on any atom is -0.507 e. The van der Waals surface area contributed by atoms with Crippen molar-refractivity contribution in [1.82, 2.24) is 0 Å². The van der Waals surface area contributed by atoms with Crippen molar-refractivity contribution < 1.29 is 24.2 Å². The molecule has 174 valence electrons. The van der Waals surface area contributed by atoms with Crippen molar-refractivity contribution in [2.45, 2.75) is 19.4 Å². The van der Waals surface area contributed by atoms with Crippen molar-refractivity contribution in [3.63, 3.8) is 0 Å². The second kappa shape index (κ2) is 9.61. The molecule has 0 radical (unpaired) electrons. The molecule has 7 heteroatoms. The maximum atomic E-state index is 13.3. The van der Waals surface area contributed by atoms with Crippen LogP contribution in [0.25, 0.3) is 5.76 Å². The van der Waals surface area contributed by atoms with E-state index >= 15 is 0 Å². The Morgan fingerprint density at radius 1 is 0.971 bits per heavy atom. The van der Waals surface area contributed by atoms with Crippen LogP contribution in [0.15, 0.2) is 72.3 Å². The minimum atomic E-state index is -0.834. The zero-order chi connectivity index (χ0) is 24.4. The summed E-state index contributed by atoms with van der Waals surface area (Å²) in [6.07, 6.45) is 0.848. The van der Waals surface area contributed by atoms with Crippen LogP contribution in [-0.4, -0.2) is 31.0 Å². The van der Waals surface area contributed by atoms with Gasteiger partial charge in [-0.15, -0.1) is 0 Å². The molecular weight excluding hydrogens is 454 g/mol. The molecule has 6 nitrogen and oxygen atoms in total. The summed E-state index contributed by atoms with van der Waals surface area (Å²) in [7, 11) is 2.90. The Morgan fingerprint density at radius 3 is 2.21 bits per heavy atom. The normalized spacial score (nSPS) is 17.2. The number of para-hydroxylation sites is 1. The van der Waals surface area contributed by atoms with Gasteiger partial charge in [-0.2, -0.15) is 0 Å². The van der Waals surface area contributed by atoms with Gasteiger partial charge in [0, 0.05) is 11.8 Å². The topological polar surface area (TPSA) is 76.1 Å². The molecule has 0 spiro atoms. The van der Waals surface area contributed by atoms with E-state index in [0.717, 1.165) is 12.0 Å². The zero-order valence-corrected chi connectivity index (χ0v) is 19.8. The molecule has 1 heterocycles. The fraction of sp³-hybridized carbons (Fsp3) is 0.185. The van der Waals surface area contributed by atoms with Crippen LogP contribution in [0.5, 0.6) is 11.5 Å². The number of amides is 1. The lowest BCUT2D eigenvalue weighted by atomic mass is 9.94. The van der Waals surface area contributed by atoms with E-state index in [1.165, 1.54) is 31.3 Å². The van der Waals surface area contributed by atoms with E-state index in [0.29, 0.717) is 17.0 Å². The number of benzene rings is 3. The monoisotopic (exact) mass is 477 g/mol. The number of aryl methyl sites for hydroxylation is 1. The molecule has 1 unspecified atom stereocenters. The molecule has 1 atom stereocenters. The van der Waals surface area contributed by atoms with E-state index < -0.39 is 17.7 Å². The average molecular weight is 478 g/mol. The SMILES string of the molecule is CCc1ccc(C2/C(=C(\O)c3cc(Cl)c(OC)cc3OC)C(=O)C(=O)N2c2ccccc2)cc1. The van der Waals surface area contributed by atoms with Crippen LogP contribution >= 0.6 is 11.6 Å². The molecule has 0 aromatic heterocycles. The summed E-state index contributed by atoms with van der Waals surface area (Å²) in [5, 5.41) is 11.6. The number of aliphatic hydroxyl groups is 1. The molecule has 0 saturated carbocycles. The van der Waals surface area contributed by atoms with Gasteiger partial charge in [0.15, 0.2) is 0 Å². The number of ether oxygens (including phenoxy) is 2. The van der Waals surface area contributed by atoms with Gasteiger partial charge in [0.2, 0.25) is 0 Å². The average Bonchev–Trinajstić information content (AvgIpc) is 3.14. The minimum absolute atomic E-state index is 0.0439. The van der Waals surface area contributed by atoms with E-state index in [1.54, 1.807) is 24.3 Å². The van der Waals surface area contributed by atoms with Gasteiger partial charge in [-0.25, -0.2) is 0 Å². The van der Waals surface area contributed by atoms with E-state index in [2.05, 4.69) is 0 Å². The predicted molar refractivity (Wildman–Crippen MR) is 132 cm³/mol.